The van der Waals surface area contributed by atoms with Crippen molar-refractivity contribution >= 4 is 11.9 Å². The van der Waals surface area contributed by atoms with E-state index in [0.29, 0.717) is 30.4 Å². The van der Waals surface area contributed by atoms with E-state index in [1.807, 2.05) is 32.0 Å². The van der Waals surface area contributed by atoms with E-state index in [-0.39, 0.29) is 19.1 Å². The predicted octanol–water partition coefficient (Wildman–Crippen LogP) is 2.05. The monoisotopic (exact) mass is 321 g/mol. The van der Waals surface area contributed by atoms with Crippen LogP contribution >= 0.6 is 0 Å². The van der Waals surface area contributed by atoms with Crippen molar-refractivity contribution in [3.8, 4) is 11.5 Å². The summed E-state index contributed by atoms with van der Waals surface area (Å²) in [5.41, 5.74) is 0.961. The van der Waals surface area contributed by atoms with Crippen LogP contribution in [0.2, 0.25) is 0 Å². The van der Waals surface area contributed by atoms with Crippen LogP contribution in [-0.2, 0) is 20.7 Å². The first-order chi connectivity index (χ1) is 11.0. The van der Waals surface area contributed by atoms with Crippen LogP contribution < -0.4 is 14.8 Å². The van der Waals surface area contributed by atoms with E-state index in [4.69, 9.17) is 14.2 Å². The molecule has 0 aromatic heterocycles. The van der Waals surface area contributed by atoms with Crippen LogP contribution in [0.3, 0.4) is 0 Å². The maximum absolute atomic E-state index is 11.8. The highest BCUT2D eigenvalue weighted by atomic mass is 16.7. The summed E-state index contributed by atoms with van der Waals surface area (Å²) >= 11 is 0. The number of fused-ring (bicyclic) bond motifs is 1. The van der Waals surface area contributed by atoms with Gasteiger partial charge in [-0.1, -0.05) is 19.9 Å². The molecule has 0 bridgehead atoms. The average molecular weight is 321 g/mol. The molecule has 0 fully saturated rings. The molecule has 1 amide bonds. The molecule has 1 unspecified atom stereocenters. The summed E-state index contributed by atoms with van der Waals surface area (Å²) in [5.74, 6) is 1.10. The summed E-state index contributed by atoms with van der Waals surface area (Å²) < 4.78 is 15.7. The van der Waals surface area contributed by atoms with Crippen LogP contribution in [0.1, 0.15) is 32.8 Å². The van der Waals surface area contributed by atoms with Crippen LogP contribution in [0.15, 0.2) is 18.2 Å². The Labute approximate surface area is 136 Å². The Morgan fingerprint density at radius 1 is 1.22 bits per heavy atom. The van der Waals surface area contributed by atoms with E-state index >= 15 is 0 Å². The molecule has 0 saturated heterocycles. The third kappa shape index (κ3) is 5.16. The third-order valence-corrected chi connectivity index (χ3v) is 3.42. The maximum Gasteiger partial charge on any atom is 0.306 e. The van der Waals surface area contributed by atoms with Gasteiger partial charge in [0.05, 0.1) is 0 Å². The molecule has 1 aliphatic rings. The Hall–Kier alpha value is -2.24. The predicted molar refractivity (Wildman–Crippen MR) is 84.3 cm³/mol. The zero-order chi connectivity index (χ0) is 16.8. The molecule has 0 radical (unpaired) electrons. The number of ether oxygens (including phenoxy) is 3. The number of esters is 1. The molecule has 6 heteroatoms. The van der Waals surface area contributed by atoms with Gasteiger partial charge in [-0.2, -0.15) is 0 Å². The molecule has 23 heavy (non-hydrogen) atoms. The van der Waals surface area contributed by atoms with Gasteiger partial charge in [-0.3, -0.25) is 9.59 Å². The Morgan fingerprint density at radius 2 is 1.96 bits per heavy atom. The molecule has 1 aromatic carbocycles. The minimum Gasteiger partial charge on any atom is -0.454 e. The highest BCUT2D eigenvalue weighted by molar-refractivity contribution is 5.83. The zero-order valence-corrected chi connectivity index (χ0v) is 13.8. The fourth-order valence-corrected chi connectivity index (χ4v) is 2.10. The second-order valence-electron chi connectivity index (χ2n) is 5.96. The second-order valence-corrected chi connectivity index (χ2v) is 5.96. The number of benzene rings is 1. The van der Waals surface area contributed by atoms with Gasteiger partial charge in [0.1, 0.15) is 0 Å². The van der Waals surface area contributed by atoms with Gasteiger partial charge in [0.15, 0.2) is 17.6 Å². The number of amides is 1. The van der Waals surface area contributed by atoms with Crippen LogP contribution in [0, 0.1) is 5.92 Å². The molecular formula is C17H23NO5. The van der Waals surface area contributed by atoms with Crippen molar-refractivity contribution in [1.82, 2.24) is 5.32 Å². The van der Waals surface area contributed by atoms with Crippen molar-refractivity contribution in [3.05, 3.63) is 23.8 Å². The van der Waals surface area contributed by atoms with Crippen LogP contribution in [0.5, 0.6) is 11.5 Å². The lowest BCUT2D eigenvalue weighted by Crippen LogP contribution is -2.37. The molecule has 1 heterocycles. The summed E-state index contributed by atoms with van der Waals surface area (Å²) in [6.07, 6.45) is -0.0462. The van der Waals surface area contributed by atoms with Crippen molar-refractivity contribution in [2.45, 2.75) is 39.7 Å². The molecule has 1 N–H and O–H groups in total. The first kappa shape index (κ1) is 17.1. The van der Waals surface area contributed by atoms with E-state index in [0.717, 1.165) is 5.56 Å². The zero-order valence-electron chi connectivity index (χ0n) is 13.8. The molecule has 6 nitrogen and oxygen atoms in total. The fourth-order valence-electron chi connectivity index (χ4n) is 2.10. The summed E-state index contributed by atoms with van der Waals surface area (Å²) in [4.78, 5) is 23.6. The van der Waals surface area contributed by atoms with E-state index in [1.54, 1.807) is 6.92 Å². The van der Waals surface area contributed by atoms with Crippen LogP contribution in [0.25, 0.3) is 0 Å². The number of rotatable bonds is 7. The van der Waals surface area contributed by atoms with Gasteiger partial charge in [-0.15, -0.1) is 0 Å². The standard InChI is InChI=1S/C17H23NO5/c1-11(2)9-18-17(20)12(3)23-16(19)7-5-13-4-6-14-15(8-13)22-10-21-14/h4,6,8,11-12H,5,7,9-10H2,1-3H3,(H,18,20). The Balaban J connectivity index is 1.75. The summed E-state index contributed by atoms with van der Waals surface area (Å²) in [6, 6.07) is 5.57. The Bertz CT molecular complexity index is 570. The van der Waals surface area contributed by atoms with Gasteiger partial charge in [0.25, 0.3) is 5.91 Å². The normalized spacial score (nSPS) is 13.7. The second kappa shape index (κ2) is 7.85. The van der Waals surface area contributed by atoms with Crippen LogP contribution in [0.4, 0.5) is 0 Å². The van der Waals surface area contributed by atoms with Gasteiger partial charge >= 0.3 is 5.97 Å². The average Bonchev–Trinajstić information content (AvgIpc) is 2.98. The third-order valence-electron chi connectivity index (χ3n) is 3.42. The van der Waals surface area contributed by atoms with Gasteiger partial charge in [-0.25, -0.2) is 0 Å². The largest absolute Gasteiger partial charge is 0.454 e. The number of aryl methyl sites for hydroxylation is 1. The molecule has 2 rings (SSSR count). The lowest BCUT2D eigenvalue weighted by atomic mass is 10.1. The summed E-state index contributed by atoms with van der Waals surface area (Å²) in [6.45, 7) is 6.38. The fraction of sp³-hybridized carbons (Fsp3) is 0.529. The number of carbonyl (C=O) groups is 2. The van der Waals surface area contributed by atoms with Crippen molar-refractivity contribution in [3.63, 3.8) is 0 Å². The molecule has 1 aliphatic heterocycles. The number of hydrogen-bond donors (Lipinski definition) is 1. The van der Waals surface area contributed by atoms with Crippen molar-refractivity contribution in [2.24, 2.45) is 5.92 Å². The smallest absolute Gasteiger partial charge is 0.306 e. The molecule has 1 aromatic rings. The summed E-state index contributed by atoms with van der Waals surface area (Å²) in [7, 11) is 0. The van der Waals surface area contributed by atoms with Gasteiger partial charge in [0, 0.05) is 13.0 Å². The molecule has 126 valence electrons. The molecule has 0 aliphatic carbocycles. The molecular weight excluding hydrogens is 298 g/mol. The summed E-state index contributed by atoms with van der Waals surface area (Å²) in [5, 5.41) is 2.74. The highest BCUT2D eigenvalue weighted by Gasteiger charge is 2.18. The van der Waals surface area contributed by atoms with Crippen LogP contribution in [-0.4, -0.2) is 31.3 Å². The Kier molecular flexibility index (Phi) is 5.84. The Morgan fingerprint density at radius 3 is 2.70 bits per heavy atom. The topological polar surface area (TPSA) is 73.9 Å². The van der Waals surface area contributed by atoms with Crippen molar-refractivity contribution < 1.29 is 23.8 Å². The lowest BCUT2D eigenvalue weighted by molar-refractivity contribution is -0.154. The quantitative estimate of drug-likeness (QED) is 0.778. The molecule has 0 spiro atoms. The number of carbonyl (C=O) groups excluding carboxylic acids is 2. The van der Waals surface area contributed by atoms with Gasteiger partial charge in [0.2, 0.25) is 6.79 Å². The minimum atomic E-state index is -0.780. The minimum absolute atomic E-state index is 0.210. The van der Waals surface area contributed by atoms with Crippen molar-refractivity contribution in [2.75, 3.05) is 13.3 Å². The van der Waals surface area contributed by atoms with Gasteiger partial charge in [-0.05, 0) is 37.0 Å². The first-order valence-electron chi connectivity index (χ1n) is 7.81. The number of nitrogens with one attached hydrogen (secondary N) is 1. The van der Waals surface area contributed by atoms with Gasteiger partial charge < -0.3 is 19.5 Å². The van der Waals surface area contributed by atoms with E-state index in [9.17, 15) is 9.59 Å². The first-order valence-corrected chi connectivity index (χ1v) is 7.81. The van der Waals surface area contributed by atoms with E-state index < -0.39 is 12.1 Å². The van der Waals surface area contributed by atoms with E-state index in [2.05, 4.69) is 5.32 Å². The molecule has 0 saturated carbocycles. The number of hydrogen-bond acceptors (Lipinski definition) is 5. The lowest BCUT2D eigenvalue weighted by Gasteiger charge is -2.14. The SMILES string of the molecule is CC(C)CNC(=O)C(C)OC(=O)CCc1ccc2c(c1)OCO2. The highest BCUT2D eigenvalue weighted by Crippen LogP contribution is 2.32. The van der Waals surface area contributed by atoms with Crippen molar-refractivity contribution in [1.29, 1.82) is 0 Å². The maximum atomic E-state index is 11.8. The molecule has 1 atom stereocenters. The van der Waals surface area contributed by atoms with E-state index in [1.165, 1.54) is 0 Å².